The highest BCUT2D eigenvalue weighted by Gasteiger charge is 2.14. The van der Waals surface area contributed by atoms with E-state index >= 15 is 0 Å². The summed E-state index contributed by atoms with van der Waals surface area (Å²) in [4.78, 5) is 23.0. The molecule has 0 radical (unpaired) electrons. The Morgan fingerprint density at radius 2 is 1.49 bits per heavy atom. The molecule has 0 aliphatic rings. The van der Waals surface area contributed by atoms with Gasteiger partial charge in [-0.3, -0.25) is 0 Å². The topological polar surface area (TPSA) is 61.8 Å². The summed E-state index contributed by atoms with van der Waals surface area (Å²) in [6.45, 7) is 8.32. The van der Waals surface area contributed by atoms with Crippen molar-refractivity contribution in [2.75, 3.05) is 13.2 Å². The second-order valence-corrected chi connectivity index (χ2v) is 8.93. The van der Waals surface area contributed by atoms with E-state index in [1.54, 1.807) is 0 Å². The van der Waals surface area contributed by atoms with E-state index in [0.717, 1.165) is 70.6 Å². The highest BCUT2D eigenvalue weighted by Crippen LogP contribution is 2.14. The smallest absolute Gasteiger partial charge is 0.463 e. The maximum absolute atomic E-state index is 12.1. The zero-order valence-corrected chi connectivity index (χ0v) is 22.5. The second-order valence-electron chi connectivity index (χ2n) is 8.93. The number of carbonyl (C=O) groups is 2. The lowest BCUT2D eigenvalue weighted by Gasteiger charge is -2.15. The van der Waals surface area contributed by atoms with E-state index in [1.165, 1.54) is 44.6 Å². The van der Waals surface area contributed by atoms with Crippen molar-refractivity contribution in [2.24, 2.45) is 0 Å². The first-order valence-electron chi connectivity index (χ1n) is 13.9. The summed E-state index contributed by atoms with van der Waals surface area (Å²) in [6, 6.07) is 0. The maximum Gasteiger partial charge on any atom is 0.509 e. The largest absolute Gasteiger partial charge is 0.509 e. The lowest BCUT2D eigenvalue weighted by Crippen LogP contribution is -2.19. The van der Waals surface area contributed by atoms with Crippen LogP contribution in [0.5, 0.6) is 0 Å². The number of hydrogen-bond acceptors (Lipinski definition) is 5. The summed E-state index contributed by atoms with van der Waals surface area (Å²) in [7, 11) is 0. The third kappa shape index (κ3) is 24.7. The van der Waals surface area contributed by atoms with Gasteiger partial charge in [0, 0.05) is 18.9 Å². The Morgan fingerprint density at radius 3 is 2.23 bits per heavy atom. The van der Waals surface area contributed by atoms with E-state index in [9.17, 15) is 9.59 Å². The fraction of sp³-hybridized carbons (Fsp3) is 0.733. The summed E-state index contributed by atoms with van der Waals surface area (Å²) in [5, 5.41) is 0. The first-order chi connectivity index (χ1) is 17.1. The lowest BCUT2D eigenvalue weighted by atomic mass is 10.1. The normalized spacial score (nSPS) is 11.5. The van der Waals surface area contributed by atoms with Crippen molar-refractivity contribution in [1.82, 2.24) is 0 Å². The highest BCUT2D eigenvalue weighted by molar-refractivity contribution is 5.81. The van der Waals surface area contributed by atoms with Gasteiger partial charge in [-0.05, 0) is 38.5 Å². The third-order valence-corrected chi connectivity index (χ3v) is 5.68. The van der Waals surface area contributed by atoms with Crippen LogP contribution in [-0.4, -0.2) is 31.4 Å². The Balaban J connectivity index is 4.03. The van der Waals surface area contributed by atoms with Crippen LogP contribution < -0.4 is 0 Å². The van der Waals surface area contributed by atoms with Gasteiger partial charge in [0.05, 0.1) is 6.61 Å². The van der Waals surface area contributed by atoms with Gasteiger partial charge in [-0.2, -0.15) is 0 Å². The summed E-state index contributed by atoms with van der Waals surface area (Å²) < 4.78 is 15.7. The molecule has 0 saturated heterocycles. The Kier molecular flexibility index (Phi) is 24.7. The molecule has 0 fully saturated rings. The number of allylic oxidation sites excluding steroid dienone is 1. The van der Waals surface area contributed by atoms with E-state index in [4.69, 9.17) is 14.2 Å². The van der Waals surface area contributed by atoms with E-state index in [0.29, 0.717) is 6.61 Å². The van der Waals surface area contributed by atoms with Crippen molar-refractivity contribution in [3.05, 3.63) is 24.8 Å². The molecule has 0 N–H and O–H groups in total. The fourth-order valence-corrected chi connectivity index (χ4v) is 3.56. The maximum atomic E-state index is 12.1. The summed E-state index contributed by atoms with van der Waals surface area (Å²) in [5.41, 5.74) is 0. The molecule has 5 nitrogen and oxygen atoms in total. The van der Waals surface area contributed by atoms with Crippen LogP contribution in [0.4, 0.5) is 4.79 Å². The Hall–Kier alpha value is -2.22. The predicted molar refractivity (Wildman–Crippen MR) is 144 cm³/mol. The van der Waals surface area contributed by atoms with Gasteiger partial charge in [0.1, 0.15) is 6.10 Å². The number of ether oxygens (including phenoxy) is 3. The monoisotopic (exact) mass is 490 g/mol. The Labute approximate surface area is 215 Å². The van der Waals surface area contributed by atoms with Gasteiger partial charge < -0.3 is 14.2 Å². The van der Waals surface area contributed by atoms with Crippen LogP contribution in [0.25, 0.3) is 0 Å². The van der Waals surface area contributed by atoms with Crippen molar-refractivity contribution < 1.29 is 23.8 Å². The van der Waals surface area contributed by atoms with E-state index in [-0.39, 0.29) is 18.7 Å². The molecule has 200 valence electrons. The molecule has 0 spiro atoms. The first-order valence-corrected chi connectivity index (χ1v) is 13.9. The minimum absolute atomic E-state index is 0.101. The molecule has 0 amide bonds. The molecule has 0 aliphatic heterocycles. The third-order valence-electron chi connectivity index (χ3n) is 5.68. The Morgan fingerprint density at radius 1 is 0.800 bits per heavy atom. The molecule has 35 heavy (non-hydrogen) atoms. The molecule has 0 aromatic carbocycles. The molecule has 0 saturated carbocycles. The standard InChI is InChI=1S/C30H50O5/c1-4-7-9-11-18-23-27-34-30(32)35-28(24-20-10-8-5-2)25-21-17-15-13-12-14-16-19-22-26-33-29(31)6-3/h6,17,21,28H,3-5,7-16,19-20,22,24-27H2,1-2H3/b21-17-. The van der Waals surface area contributed by atoms with Gasteiger partial charge >= 0.3 is 12.1 Å². The highest BCUT2D eigenvalue weighted by atomic mass is 16.7. The average molecular weight is 491 g/mol. The number of carbonyl (C=O) groups excluding carboxylic acids is 2. The molecule has 1 atom stereocenters. The van der Waals surface area contributed by atoms with Gasteiger partial charge in [-0.25, -0.2) is 9.59 Å². The first kappa shape index (κ1) is 32.8. The molecule has 0 aromatic rings. The van der Waals surface area contributed by atoms with Crippen LogP contribution in [-0.2, 0) is 19.0 Å². The minimum atomic E-state index is -0.610. The van der Waals surface area contributed by atoms with Gasteiger partial charge in [-0.1, -0.05) is 102 Å². The van der Waals surface area contributed by atoms with E-state index in [1.807, 2.05) is 0 Å². The molecule has 1 unspecified atom stereocenters. The van der Waals surface area contributed by atoms with Crippen LogP contribution in [0.1, 0.15) is 123 Å². The van der Waals surface area contributed by atoms with Gasteiger partial charge in [0.25, 0.3) is 0 Å². The number of unbranched alkanes of at least 4 members (excludes halogenated alkanes) is 12. The molecular formula is C30H50O5. The van der Waals surface area contributed by atoms with Gasteiger partial charge in [-0.15, -0.1) is 0 Å². The van der Waals surface area contributed by atoms with Crippen molar-refractivity contribution >= 4 is 12.1 Å². The van der Waals surface area contributed by atoms with Crippen LogP contribution in [0.2, 0.25) is 0 Å². The molecule has 0 aliphatic carbocycles. The number of hydrogen-bond donors (Lipinski definition) is 0. The summed E-state index contributed by atoms with van der Waals surface area (Å²) in [6.07, 6.45) is 23.0. The van der Waals surface area contributed by atoms with Gasteiger partial charge in [0.2, 0.25) is 0 Å². The van der Waals surface area contributed by atoms with Crippen molar-refractivity contribution in [3.8, 4) is 11.8 Å². The zero-order valence-electron chi connectivity index (χ0n) is 22.5. The molecule has 0 rings (SSSR count). The quantitative estimate of drug-likeness (QED) is 0.0500. The molecular weight excluding hydrogens is 440 g/mol. The minimum Gasteiger partial charge on any atom is -0.463 e. The second kappa shape index (κ2) is 26.4. The fourth-order valence-electron chi connectivity index (χ4n) is 3.56. The van der Waals surface area contributed by atoms with E-state index in [2.05, 4.69) is 44.4 Å². The van der Waals surface area contributed by atoms with Gasteiger partial charge in [0.15, 0.2) is 6.61 Å². The van der Waals surface area contributed by atoms with Crippen LogP contribution in [0.15, 0.2) is 24.8 Å². The van der Waals surface area contributed by atoms with Crippen molar-refractivity contribution in [1.29, 1.82) is 0 Å². The zero-order chi connectivity index (χ0) is 25.8. The summed E-state index contributed by atoms with van der Waals surface area (Å²) >= 11 is 0. The molecule has 0 aromatic heterocycles. The van der Waals surface area contributed by atoms with E-state index < -0.39 is 6.16 Å². The van der Waals surface area contributed by atoms with Crippen LogP contribution >= 0.6 is 0 Å². The van der Waals surface area contributed by atoms with Crippen molar-refractivity contribution in [3.63, 3.8) is 0 Å². The Bertz CT molecular complexity index is 614. The van der Waals surface area contributed by atoms with Crippen LogP contribution in [0, 0.1) is 11.8 Å². The molecule has 5 heteroatoms. The number of esters is 1. The lowest BCUT2D eigenvalue weighted by molar-refractivity contribution is -0.137. The summed E-state index contributed by atoms with van der Waals surface area (Å²) in [5.74, 6) is 5.60. The predicted octanol–water partition coefficient (Wildman–Crippen LogP) is 8.47. The average Bonchev–Trinajstić information content (AvgIpc) is 2.86. The SMILES string of the molecule is C=CC(=O)OCCCCCCCC/C=C\CC(CCCCCC)OC(=O)OCC#CCCCCC. The molecule has 0 bridgehead atoms. The molecule has 0 heterocycles. The van der Waals surface area contributed by atoms with Crippen LogP contribution in [0.3, 0.4) is 0 Å². The van der Waals surface area contributed by atoms with Crippen molar-refractivity contribution in [2.45, 2.75) is 129 Å². The number of rotatable bonds is 22.